The molecule has 1 aliphatic heterocycles. The number of carbonyl (C=O) groups is 1. The third kappa shape index (κ3) is 5.71. The van der Waals surface area contributed by atoms with E-state index in [0.717, 1.165) is 23.3 Å². The summed E-state index contributed by atoms with van der Waals surface area (Å²) in [5.74, 6) is 1.39. The molecule has 6 heteroatoms. The lowest BCUT2D eigenvalue weighted by atomic mass is 10.1. The van der Waals surface area contributed by atoms with Gasteiger partial charge in [-0.3, -0.25) is 9.69 Å². The first kappa shape index (κ1) is 19.7. The molecule has 1 N–H and O–H groups in total. The number of likely N-dealkylation sites (tertiary alicyclic amines) is 1. The monoisotopic (exact) mass is 432 g/mol. The van der Waals surface area contributed by atoms with Crippen LogP contribution in [0.4, 0.5) is 0 Å². The molecule has 0 aliphatic carbocycles. The second-order valence-electron chi connectivity index (χ2n) is 6.58. The molecule has 1 heterocycles. The molecule has 2 aromatic rings. The quantitative estimate of drug-likeness (QED) is 0.689. The molecule has 1 aliphatic rings. The second-order valence-corrected chi connectivity index (χ2v) is 7.50. The fourth-order valence-corrected chi connectivity index (χ4v) is 3.68. The summed E-state index contributed by atoms with van der Waals surface area (Å²) in [4.78, 5) is 14.7. The highest BCUT2D eigenvalue weighted by Gasteiger charge is 2.24. The number of carbonyl (C=O) groups excluding carboxylic acids is 1. The van der Waals surface area contributed by atoms with Gasteiger partial charge in [0.05, 0.1) is 13.2 Å². The SMILES string of the molecule is COc1ccc(C(CNC(=O)COc2cccc(Br)c2)N2CCCC2)cc1. The van der Waals surface area contributed by atoms with Crippen molar-refractivity contribution in [1.29, 1.82) is 0 Å². The van der Waals surface area contributed by atoms with Crippen molar-refractivity contribution in [3.8, 4) is 11.5 Å². The van der Waals surface area contributed by atoms with Crippen molar-refractivity contribution in [2.75, 3.05) is 33.4 Å². The van der Waals surface area contributed by atoms with E-state index in [0.29, 0.717) is 12.3 Å². The van der Waals surface area contributed by atoms with Gasteiger partial charge in [-0.2, -0.15) is 0 Å². The number of nitrogens with zero attached hydrogens (tertiary/aromatic N) is 1. The maximum atomic E-state index is 12.3. The number of nitrogens with one attached hydrogen (secondary N) is 1. The molecule has 1 unspecified atom stereocenters. The Morgan fingerprint density at radius 2 is 1.89 bits per heavy atom. The Labute approximate surface area is 168 Å². The van der Waals surface area contributed by atoms with Crippen LogP contribution < -0.4 is 14.8 Å². The van der Waals surface area contributed by atoms with Crippen LogP contribution in [0.25, 0.3) is 0 Å². The number of methoxy groups -OCH3 is 1. The van der Waals surface area contributed by atoms with Crippen LogP contribution >= 0.6 is 15.9 Å². The number of rotatable bonds is 8. The highest BCUT2D eigenvalue weighted by Crippen LogP contribution is 2.26. The van der Waals surface area contributed by atoms with Crippen LogP contribution in [0, 0.1) is 0 Å². The fraction of sp³-hybridized carbons (Fsp3) is 0.381. The summed E-state index contributed by atoms with van der Waals surface area (Å²) in [7, 11) is 1.67. The van der Waals surface area contributed by atoms with E-state index in [1.807, 2.05) is 36.4 Å². The minimum atomic E-state index is -0.118. The van der Waals surface area contributed by atoms with Crippen molar-refractivity contribution in [3.63, 3.8) is 0 Å². The standard InChI is InChI=1S/C21H25BrN2O3/c1-26-18-9-7-16(8-10-18)20(24-11-2-3-12-24)14-23-21(25)15-27-19-6-4-5-17(22)13-19/h4-10,13,20H,2-3,11-12,14-15H2,1H3,(H,23,25). The van der Waals surface area contributed by atoms with E-state index < -0.39 is 0 Å². The number of amides is 1. The number of hydrogen-bond acceptors (Lipinski definition) is 4. The van der Waals surface area contributed by atoms with Gasteiger partial charge in [-0.05, 0) is 61.8 Å². The molecular weight excluding hydrogens is 408 g/mol. The summed E-state index contributed by atoms with van der Waals surface area (Å²) in [6.45, 7) is 2.68. The van der Waals surface area contributed by atoms with Crippen molar-refractivity contribution >= 4 is 21.8 Å². The molecule has 0 radical (unpaired) electrons. The Balaban J connectivity index is 1.57. The van der Waals surface area contributed by atoms with E-state index in [2.05, 4.69) is 38.3 Å². The van der Waals surface area contributed by atoms with Crippen LogP contribution in [0.2, 0.25) is 0 Å². The van der Waals surface area contributed by atoms with Crippen LogP contribution in [0.3, 0.4) is 0 Å². The van der Waals surface area contributed by atoms with Gasteiger partial charge in [0, 0.05) is 11.0 Å². The Morgan fingerprint density at radius 3 is 2.56 bits per heavy atom. The number of benzene rings is 2. The van der Waals surface area contributed by atoms with Gasteiger partial charge in [0.15, 0.2) is 6.61 Å². The third-order valence-electron chi connectivity index (χ3n) is 4.74. The lowest BCUT2D eigenvalue weighted by molar-refractivity contribution is -0.123. The average molecular weight is 433 g/mol. The van der Waals surface area contributed by atoms with E-state index in [-0.39, 0.29) is 18.6 Å². The molecule has 3 rings (SSSR count). The first-order chi connectivity index (χ1) is 13.2. The van der Waals surface area contributed by atoms with Crippen molar-refractivity contribution in [2.24, 2.45) is 0 Å². The van der Waals surface area contributed by atoms with Gasteiger partial charge in [-0.25, -0.2) is 0 Å². The molecule has 5 nitrogen and oxygen atoms in total. The van der Waals surface area contributed by atoms with Gasteiger partial charge in [0.2, 0.25) is 0 Å². The Morgan fingerprint density at radius 1 is 1.15 bits per heavy atom. The molecule has 144 valence electrons. The lowest BCUT2D eigenvalue weighted by Crippen LogP contribution is -2.38. The van der Waals surface area contributed by atoms with Crippen LogP contribution in [0.1, 0.15) is 24.4 Å². The van der Waals surface area contributed by atoms with Gasteiger partial charge in [0.1, 0.15) is 11.5 Å². The normalized spacial score (nSPS) is 15.3. The van der Waals surface area contributed by atoms with Gasteiger partial charge in [-0.1, -0.05) is 34.1 Å². The topological polar surface area (TPSA) is 50.8 Å². The molecule has 1 amide bonds. The van der Waals surface area contributed by atoms with Gasteiger partial charge < -0.3 is 14.8 Å². The summed E-state index contributed by atoms with van der Waals surface area (Å²) in [5.41, 5.74) is 1.19. The van der Waals surface area contributed by atoms with E-state index in [1.165, 1.54) is 18.4 Å². The predicted octanol–water partition coefficient (Wildman–Crippen LogP) is 3.79. The van der Waals surface area contributed by atoms with Crippen molar-refractivity contribution in [1.82, 2.24) is 10.2 Å². The minimum absolute atomic E-state index is 0.00574. The number of halogens is 1. The number of hydrogen-bond donors (Lipinski definition) is 1. The van der Waals surface area contributed by atoms with Crippen LogP contribution in [-0.4, -0.2) is 44.2 Å². The summed E-state index contributed by atoms with van der Waals surface area (Å²) in [5, 5.41) is 3.02. The number of ether oxygens (including phenoxy) is 2. The Hall–Kier alpha value is -2.05. The molecule has 1 fully saturated rings. The molecule has 1 atom stereocenters. The molecule has 0 bridgehead atoms. The van der Waals surface area contributed by atoms with E-state index in [1.54, 1.807) is 7.11 Å². The fourth-order valence-electron chi connectivity index (χ4n) is 3.30. The highest BCUT2D eigenvalue weighted by molar-refractivity contribution is 9.10. The largest absolute Gasteiger partial charge is 0.497 e. The Bertz CT molecular complexity index is 745. The third-order valence-corrected chi connectivity index (χ3v) is 5.23. The maximum Gasteiger partial charge on any atom is 0.258 e. The molecule has 2 aromatic carbocycles. The zero-order chi connectivity index (χ0) is 19.1. The zero-order valence-electron chi connectivity index (χ0n) is 15.5. The van der Waals surface area contributed by atoms with E-state index in [9.17, 15) is 4.79 Å². The highest BCUT2D eigenvalue weighted by atomic mass is 79.9. The smallest absolute Gasteiger partial charge is 0.258 e. The lowest BCUT2D eigenvalue weighted by Gasteiger charge is -2.28. The van der Waals surface area contributed by atoms with Crippen LogP contribution in [0.5, 0.6) is 11.5 Å². The zero-order valence-corrected chi connectivity index (χ0v) is 17.1. The molecule has 1 saturated heterocycles. The van der Waals surface area contributed by atoms with E-state index in [4.69, 9.17) is 9.47 Å². The average Bonchev–Trinajstić information content (AvgIpc) is 3.21. The van der Waals surface area contributed by atoms with Gasteiger partial charge in [0.25, 0.3) is 5.91 Å². The van der Waals surface area contributed by atoms with Crippen LogP contribution in [-0.2, 0) is 4.79 Å². The van der Waals surface area contributed by atoms with Crippen molar-refractivity contribution < 1.29 is 14.3 Å². The maximum absolute atomic E-state index is 12.3. The molecule has 0 spiro atoms. The van der Waals surface area contributed by atoms with Gasteiger partial charge in [-0.15, -0.1) is 0 Å². The van der Waals surface area contributed by atoms with Gasteiger partial charge >= 0.3 is 0 Å². The Kier molecular flexibility index (Phi) is 7.12. The molecule has 27 heavy (non-hydrogen) atoms. The summed E-state index contributed by atoms with van der Waals surface area (Å²) < 4.78 is 11.7. The summed E-state index contributed by atoms with van der Waals surface area (Å²) in [6.07, 6.45) is 2.40. The molecule has 0 saturated carbocycles. The summed E-state index contributed by atoms with van der Waals surface area (Å²) in [6, 6.07) is 15.7. The first-order valence-corrected chi connectivity index (χ1v) is 9.98. The summed E-state index contributed by atoms with van der Waals surface area (Å²) >= 11 is 3.40. The predicted molar refractivity (Wildman–Crippen MR) is 109 cm³/mol. The second kappa shape index (κ2) is 9.76. The minimum Gasteiger partial charge on any atom is -0.497 e. The van der Waals surface area contributed by atoms with E-state index >= 15 is 0 Å². The van der Waals surface area contributed by atoms with Crippen molar-refractivity contribution in [3.05, 3.63) is 58.6 Å². The molecule has 0 aromatic heterocycles. The first-order valence-electron chi connectivity index (χ1n) is 9.19. The van der Waals surface area contributed by atoms with Crippen molar-refractivity contribution in [2.45, 2.75) is 18.9 Å². The molecular formula is C21H25BrN2O3. The van der Waals surface area contributed by atoms with Crippen LogP contribution in [0.15, 0.2) is 53.0 Å².